The van der Waals surface area contributed by atoms with E-state index >= 15 is 0 Å². The number of benzene rings is 2. The quantitative estimate of drug-likeness (QED) is 0.232. The van der Waals surface area contributed by atoms with Crippen LogP contribution in [-0.2, 0) is 14.1 Å². The molecule has 0 fully saturated rings. The van der Waals surface area contributed by atoms with Gasteiger partial charge < -0.3 is 9.84 Å². The lowest BCUT2D eigenvalue weighted by Crippen LogP contribution is -2.18. The number of aliphatic hydroxyl groups excluding tert-OH is 1. The van der Waals surface area contributed by atoms with E-state index in [-0.39, 0.29) is 17.5 Å². The number of nitrogens with zero attached hydrogens (tertiary/aromatic N) is 1. The van der Waals surface area contributed by atoms with Crippen molar-refractivity contribution in [3.05, 3.63) is 84.3 Å². The van der Waals surface area contributed by atoms with Crippen LogP contribution in [0.5, 0.6) is 0 Å². The Hall–Kier alpha value is -3.25. The summed E-state index contributed by atoms with van der Waals surface area (Å²) in [6.45, 7) is 7.84. The molecule has 0 bridgehead atoms. The Balaban J connectivity index is 2.08. The van der Waals surface area contributed by atoms with Gasteiger partial charge in [0.1, 0.15) is 17.7 Å². The topological polar surface area (TPSA) is 96.7 Å². The van der Waals surface area contributed by atoms with Crippen molar-refractivity contribution in [3.63, 3.8) is 0 Å². The maximum atomic E-state index is 13.6. The summed E-state index contributed by atoms with van der Waals surface area (Å²) in [6.07, 6.45) is -2.20. The molecule has 2 N–H and O–H groups in total. The maximum absolute atomic E-state index is 13.6. The number of carbonyl (C=O) groups excluding carboxylic acids is 1. The predicted molar refractivity (Wildman–Crippen MR) is 130 cm³/mol. The number of ether oxygens (including phenoxy) is 1. The molecule has 0 amide bonds. The minimum absolute atomic E-state index is 0.0284. The Morgan fingerprint density at radius 2 is 1.76 bits per heavy atom. The van der Waals surface area contributed by atoms with Crippen LogP contribution in [0.2, 0.25) is 0 Å². The number of hydrogen-bond acceptors (Lipinski definition) is 5. The molecule has 34 heavy (non-hydrogen) atoms. The van der Waals surface area contributed by atoms with Crippen molar-refractivity contribution in [2.24, 2.45) is 0 Å². The number of hydrogen-bond donors (Lipinski definition) is 2. The van der Waals surface area contributed by atoms with Crippen LogP contribution in [0.3, 0.4) is 0 Å². The zero-order valence-electron chi connectivity index (χ0n) is 18.9. The third kappa shape index (κ3) is 6.41. The molecule has 0 radical (unpaired) electrons. The molecular formula is C26H26FNO5P+. The number of pyridine rings is 1. The van der Waals surface area contributed by atoms with Crippen LogP contribution in [0.4, 0.5) is 4.39 Å². The lowest BCUT2D eigenvalue weighted by Gasteiger charge is -2.20. The monoisotopic (exact) mass is 482 g/mol. The van der Waals surface area contributed by atoms with E-state index in [2.05, 4.69) is 6.58 Å². The minimum Gasteiger partial charge on any atom is -0.426 e. The second-order valence-electron chi connectivity index (χ2n) is 8.13. The standard InChI is InChI=1S/C26H25FNO5P/c1-16(2)26-25(17(3)33-24(30)13-21(29)15-34(31)32)22(18-9-11-20(27)12-10-18)14-23(28-26)19-7-5-4-6-8-19/h4-12,14,16,21,29H,3,13,15H2,1-2H3/p+1. The van der Waals surface area contributed by atoms with Gasteiger partial charge in [0.05, 0.1) is 17.8 Å². The number of carbonyl (C=O) groups is 1. The largest absolute Gasteiger partial charge is 0.508 e. The summed E-state index contributed by atoms with van der Waals surface area (Å²) in [5.74, 6) is -1.22. The molecule has 2 aromatic carbocycles. The summed E-state index contributed by atoms with van der Waals surface area (Å²) in [7, 11) is -2.58. The van der Waals surface area contributed by atoms with Gasteiger partial charge in [0.2, 0.25) is 6.16 Å². The molecule has 0 aliphatic rings. The fourth-order valence-electron chi connectivity index (χ4n) is 3.56. The normalized spacial score (nSPS) is 12.4. The zero-order valence-corrected chi connectivity index (χ0v) is 19.8. The molecule has 8 heteroatoms. The number of halogens is 1. The van der Waals surface area contributed by atoms with Crippen LogP contribution in [0, 0.1) is 5.82 Å². The second kappa shape index (κ2) is 11.3. The van der Waals surface area contributed by atoms with Crippen molar-refractivity contribution in [1.82, 2.24) is 4.98 Å². The van der Waals surface area contributed by atoms with Crippen molar-refractivity contribution in [1.29, 1.82) is 0 Å². The Morgan fingerprint density at radius 3 is 2.35 bits per heavy atom. The molecule has 0 saturated carbocycles. The van der Waals surface area contributed by atoms with Gasteiger partial charge in [-0.25, -0.2) is 4.39 Å². The van der Waals surface area contributed by atoms with Gasteiger partial charge in [-0.15, -0.1) is 0 Å². The van der Waals surface area contributed by atoms with Crippen LogP contribution in [-0.4, -0.2) is 33.2 Å². The SMILES string of the molecule is C=C(OC(=O)CC(O)C[P+](=O)O)c1c(-c2ccc(F)cc2)cc(-c2ccccc2)nc1C(C)C. The van der Waals surface area contributed by atoms with E-state index in [1.54, 1.807) is 12.1 Å². The van der Waals surface area contributed by atoms with E-state index in [0.29, 0.717) is 28.1 Å². The Labute approximate surface area is 198 Å². The van der Waals surface area contributed by atoms with Crippen molar-refractivity contribution >= 4 is 19.8 Å². The van der Waals surface area contributed by atoms with Crippen LogP contribution >= 0.6 is 8.03 Å². The van der Waals surface area contributed by atoms with Crippen LogP contribution < -0.4 is 0 Å². The average Bonchev–Trinajstić information content (AvgIpc) is 2.78. The van der Waals surface area contributed by atoms with Crippen LogP contribution in [0.25, 0.3) is 28.1 Å². The number of esters is 1. The van der Waals surface area contributed by atoms with Crippen LogP contribution in [0.1, 0.15) is 37.4 Å². The van der Waals surface area contributed by atoms with E-state index < -0.39 is 32.7 Å². The van der Waals surface area contributed by atoms with E-state index in [9.17, 15) is 18.9 Å². The summed E-state index contributed by atoms with van der Waals surface area (Å²) in [6, 6.07) is 17.4. The maximum Gasteiger partial charge on any atom is 0.508 e. The molecule has 2 unspecified atom stereocenters. The molecule has 3 aromatic rings. The van der Waals surface area contributed by atoms with Gasteiger partial charge in [-0.3, -0.25) is 9.78 Å². The van der Waals surface area contributed by atoms with Crippen molar-refractivity contribution in [3.8, 4) is 22.4 Å². The molecule has 3 rings (SSSR count). The smallest absolute Gasteiger partial charge is 0.426 e. The highest BCUT2D eigenvalue weighted by Crippen LogP contribution is 2.37. The lowest BCUT2D eigenvalue weighted by atomic mass is 9.91. The third-order valence-electron chi connectivity index (χ3n) is 5.10. The van der Waals surface area contributed by atoms with Gasteiger partial charge in [-0.2, -0.15) is 4.89 Å². The van der Waals surface area contributed by atoms with Gasteiger partial charge in [0.15, 0.2) is 0 Å². The highest BCUT2D eigenvalue weighted by Gasteiger charge is 2.25. The molecule has 6 nitrogen and oxygen atoms in total. The average molecular weight is 482 g/mol. The first-order chi connectivity index (χ1) is 16.2. The number of rotatable bonds is 9. The van der Waals surface area contributed by atoms with E-state index in [1.165, 1.54) is 12.1 Å². The Bertz CT molecular complexity index is 1200. The molecule has 0 aliphatic carbocycles. The van der Waals surface area contributed by atoms with E-state index in [0.717, 1.165) is 5.56 Å². The fourth-order valence-corrected chi connectivity index (χ4v) is 4.05. The third-order valence-corrected chi connectivity index (χ3v) is 5.84. The fraction of sp³-hybridized carbons (Fsp3) is 0.231. The summed E-state index contributed by atoms with van der Waals surface area (Å²) >= 11 is 0. The molecule has 176 valence electrons. The molecule has 2 atom stereocenters. The molecule has 1 heterocycles. The van der Waals surface area contributed by atoms with Gasteiger partial charge in [-0.1, -0.05) is 62.9 Å². The van der Waals surface area contributed by atoms with Gasteiger partial charge >= 0.3 is 14.0 Å². The van der Waals surface area contributed by atoms with Crippen molar-refractivity contribution < 1.29 is 28.5 Å². The van der Waals surface area contributed by atoms with Gasteiger partial charge in [0, 0.05) is 11.1 Å². The van der Waals surface area contributed by atoms with E-state index in [1.807, 2.05) is 50.2 Å². The second-order valence-corrected chi connectivity index (χ2v) is 9.20. The number of aliphatic hydroxyl groups is 1. The Kier molecular flexibility index (Phi) is 8.40. The summed E-state index contributed by atoms with van der Waals surface area (Å²) in [4.78, 5) is 26.2. The summed E-state index contributed by atoms with van der Waals surface area (Å²) in [5.41, 5.74) is 4.08. The Morgan fingerprint density at radius 1 is 1.12 bits per heavy atom. The first-order valence-corrected chi connectivity index (χ1v) is 12.1. The van der Waals surface area contributed by atoms with Gasteiger partial charge in [0.25, 0.3) is 0 Å². The summed E-state index contributed by atoms with van der Waals surface area (Å²) < 4.78 is 30.0. The lowest BCUT2D eigenvalue weighted by molar-refractivity contribution is -0.138. The summed E-state index contributed by atoms with van der Waals surface area (Å²) in [5, 5.41) is 9.82. The van der Waals surface area contributed by atoms with Crippen molar-refractivity contribution in [2.45, 2.75) is 32.3 Å². The zero-order chi connectivity index (χ0) is 24.8. The van der Waals surface area contributed by atoms with E-state index in [4.69, 9.17) is 14.6 Å². The molecule has 0 aliphatic heterocycles. The first kappa shape index (κ1) is 25.4. The molecular weight excluding hydrogens is 456 g/mol. The highest BCUT2D eigenvalue weighted by atomic mass is 31.1. The molecule has 1 aromatic heterocycles. The number of aromatic nitrogens is 1. The molecule has 0 saturated heterocycles. The predicted octanol–water partition coefficient (Wildman–Crippen LogP) is 5.68. The minimum atomic E-state index is -2.58. The van der Waals surface area contributed by atoms with Gasteiger partial charge in [-0.05, 0) is 39.8 Å². The highest BCUT2D eigenvalue weighted by molar-refractivity contribution is 7.38. The van der Waals surface area contributed by atoms with Crippen LogP contribution in [0.15, 0.2) is 67.2 Å². The van der Waals surface area contributed by atoms with Crippen molar-refractivity contribution in [2.75, 3.05) is 6.16 Å². The molecule has 0 spiro atoms. The first-order valence-electron chi connectivity index (χ1n) is 10.7.